The van der Waals surface area contributed by atoms with Crippen LogP contribution < -0.4 is 19.7 Å². The summed E-state index contributed by atoms with van der Waals surface area (Å²) in [6.07, 6.45) is 1.97. The van der Waals surface area contributed by atoms with Crippen molar-refractivity contribution in [3.63, 3.8) is 0 Å². The fourth-order valence-corrected chi connectivity index (χ4v) is 3.53. The number of hydrogen-bond donors (Lipinski definition) is 1. The van der Waals surface area contributed by atoms with Crippen molar-refractivity contribution in [1.82, 2.24) is 5.32 Å². The van der Waals surface area contributed by atoms with E-state index in [9.17, 15) is 4.79 Å². The Kier molecular flexibility index (Phi) is 7.43. The summed E-state index contributed by atoms with van der Waals surface area (Å²) in [5.74, 6) is 1.17. The van der Waals surface area contributed by atoms with Crippen molar-refractivity contribution in [3.8, 4) is 11.5 Å². The quantitative estimate of drug-likeness (QED) is 0.676. The summed E-state index contributed by atoms with van der Waals surface area (Å²) in [6, 6.07) is 13.9. The van der Waals surface area contributed by atoms with Crippen molar-refractivity contribution >= 4 is 23.2 Å². The van der Waals surface area contributed by atoms with Gasteiger partial charge in [0.05, 0.1) is 24.7 Å². The third-order valence-electron chi connectivity index (χ3n) is 4.66. The van der Waals surface area contributed by atoms with Crippen LogP contribution in [0, 0.1) is 0 Å². The molecule has 3 rings (SSSR count). The number of rotatable bonds is 8. The number of para-hydroxylation sites is 1. The molecule has 1 aliphatic rings. The van der Waals surface area contributed by atoms with Crippen LogP contribution in [-0.2, 0) is 11.2 Å². The molecule has 150 valence electrons. The van der Waals surface area contributed by atoms with Crippen LogP contribution in [0.2, 0.25) is 5.02 Å². The predicted octanol–water partition coefficient (Wildman–Crippen LogP) is 4.08. The second-order valence-electron chi connectivity index (χ2n) is 6.75. The van der Waals surface area contributed by atoms with E-state index in [1.165, 1.54) is 5.69 Å². The number of amides is 1. The van der Waals surface area contributed by atoms with Crippen molar-refractivity contribution in [2.75, 3.05) is 37.7 Å². The number of nitrogens with zero attached hydrogens (tertiary/aromatic N) is 1. The number of halogens is 1. The Morgan fingerprint density at radius 1 is 1.18 bits per heavy atom. The second kappa shape index (κ2) is 10.2. The topological polar surface area (TPSA) is 50.8 Å². The molecule has 1 heterocycles. The fraction of sp³-hybridized carbons (Fsp3) is 0.409. The summed E-state index contributed by atoms with van der Waals surface area (Å²) in [6.45, 7) is 5.79. The predicted molar refractivity (Wildman–Crippen MR) is 113 cm³/mol. The molecular weight excluding hydrogens is 376 g/mol. The van der Waals surface area contributed by atoms with Crippen LogP contribution in [0.25, 0.3) is 0 Å². The number of fused-ring (bicyclic) bond motifs is 1. The largest absolute Gasteiger partial charge is 0.489 e. The van der Waals surface area contributed by atoms with Crippen LogP contribution in [0.4, 0.5) is 5.69 Å². The van der Waals surface area contributed by atoms with Crippen LogP contribution >= 0.6 is 11.6 Å². The molecule has 2 aromatic rings. The molecule has 0 spiro atoms. The van der Waals surface area contributed by atoms with Gasteiger partial charge in [-0.2, -0.15) is 0 Å². The molecule has 0 atom stereocenters. The van der Waals surface area contributed by atoms with Gasteiger partial charge in [0.15, 0.2) is 11.5 Å². The second-order valence-corrected chi connectivity index (χ2v) is 7.16. The van der Waals surface area contributed by atoms with E-state index in [-0.39, 0.29) is 12.3 Å². The molecule has 0 radical (unpaired) electrons. The van der Waals surface area contributed by atoms with Gasteiger partial charge in [-0.05, 0) is 43.2 Å². The van der Waals surface area contributed by atoms with E-state index < -0.39 is 0 Å². The fourth-order valence-electron chi connectivity index (χ4n) is 3.24. The Hall–Kier alpha value is -2.40. The maximum absolute atomic E-state index is 12.3. The molecule has 6 heteroatoms. The molecule has 0 aliphatic carbocycles. The number of ether oxygens (including phenoxy) is 2. The molecule has 0 aromatic heterocycles. The minimum atomic E-state index is -0.0201. The first-order chi connectivity index (χ1) is 13.7. The third kappa shape index (κ3) is 5.55. The molecule has 0 unspecified atom stereocenters. The Balaban J connectivity index is 1.47. The van der Waals surface area contributed by atoms with Crippen molar-refractivity contribution < 1.29 is 14.3 Å². The van der Waals surface area contributed by atoms with E-state index in [0.717, 1.165) is 31.5 Å². The van der Waals surface area contributed by atoms with Crippen molar-refractivity contribution in [1.29, 1.82) is 0 Å². The summed E-state index contributed by atoms with van der Waals surface area (Å²) in [7, 11) is 0. The average Bonchev–Trinajstić information content (AvgIpc) is 2.94. The minimum Gasteiger partial charge on any atom is -0.489 e. The van der Waals surface area contributed by atoms with Gasteiger partial charge in [-0.1, -0.05) is 29.8 Å². The van der Waals surface area contributed by atoms with E-state index in [1.54, 1.807) is 6.07 Å². The zero-order valence-corrected chi connectivity index (χ0v) is 17.0. The van der Waals surface area contributed by atoms with E-state index in [0.29, 0.717) is 36.3 Å². The Bertz CT molecular complexity index is 783. The molecule has 2 aromatic carbocycles. The lowest BCUT2D eigenvalue weighted by Crippen LogP contribution is -2.30. The molecule has 1 N–H and O–H groups in total. The Morgan fingerprint density at radius 3 is 2.75 bits per heavy atom. The van der Waals surface area contributed by atoms with Crippen molar-refractivity contribution in [2.24, 2.45) is 0 Å². The molecule has 0 fully saturated rings. The SMILES string of the molecule is CCN(CCCNC(=O)Cc1cc(Cl)c2c(c1)OCCCO2)c1ccccc1. The highest BCUT2D eigenvalue weighted by Crippen LogP contribution is 2.38. The first-order valence-electron chi connectivity index (χ1n) is 9.82. The molecule has 1 aliphatic heterocycles. The average molecular weight is 403 g/mol. The first kappa shape index (κ1) is 20.3. The van der Waals surface area contributed by atoms with Crippen LogP contribution in [0.1, 0.15) is 25.3 Å². The van der Waals surface area contributed by atoms with Crippen LogP contribution in [-0.4, -0.2) is 38.8 Å². The Morgan fingerprint density at radius 2 is 1.96 bits per heavy atom. The highest BCUT2D eigenvalue weighted by molar-refractivity contribution is 6.32. The highest BCUT2D eigenvalue weighted by atomic mass is 35.5. The summed E-state index contributed by atoms with van der Waals surface area (Å²) in [5, 5.41) is 3.48. The van der Waals surface area contributed by atoms with Gasteiger partial charge in [-0.25, -0.2) is 0 Å². The summed E-state index contributed by atoms with van der Waals surface area (Å²) in [4.78, 5) is 14.6. The van der Waals surface area contributed by atoms with E-state index in [2.05, 4.69) is 29.3 Å². The lowest BCUT2D eigenvalue weighted by molar-refractivity contribution is -0.120. The van der Waals surface area contributed by atoms with Gasteiger partial charge in [0.1, 0.15) is 0 Å². The molecule has 0 bridgehead atoms. The molecule has 0 saturated carbocycles. The van der Waals surface area contributed by atoms with Gasteiger partial charge < -0.3 is 19.7 Å². The third-order valence-corrected chi connectivity index (χ3v) is 4.94. The molecule has 1 amide bonds. The van der Waals surface area contributed by atoms with Gasteiger partial charge in [0.2, 0.25) is 5.91 Å². The number of carbonyl (C=O) groups excluding carboxylic acids is 1. The van der Waals surface area contributed by atoms with E-state index in [4.69, 9.17) is 21.1 Å². The maximum Gasteiger partial charge on any atom is 0.224 e. The number of carbonyl (C=O) groups is 1. The lowest BCUT2D eigenvalue weighted by Gasteiger charge is -2.23. The van der Waals surface area contributed by atoms with Crippen molar-refractivity contribution in [2.45, 2.75) is 26.2 Å². The zero-order valence-electron chi connectivity index (χ0n) is 16.2. The normalized spacial score (nSPS) is 12.9. The summed E-state index contributed by atoms with van der Waals surface area (Å²) in [5.41, 5.74) is 2.03. The number of anilines is 1. The number of benzene rings is 2. The molecule has 28 heavy (non-hydrogen) atoms. The standard InChI is InChI=1S/C22H27ClN2O3/c1-2-25(18-8-4-3-5-9-18)11-6-10-24-21(26)16-17-14-19(23)22-20(15-17)27-12-7-13-28-22/h3-5,8-9,14-15H,2,6-7,10-13,16H2,1H3,(H,24,26). The monoisotopic (exact) mass is 402 g/mol. The zero-order chi connectivity index (χ0) is 19.8. The van der Waals surface area contributed by atoms with E-state index >= 15 is 0 Å². The first-order valence-corrected chi connectivity index (χ1v) is 10.2. The van der Waals surface area contributed by atoms with Crippen molar-refractivity contribution in [3.05, 3.63) is 53.1 Å². The Labute approximate surface area is 171 Å². The summed E-state index contributed by atoms with van der Waals surface area (Å²) >= 11 is 6.30. The minimum absolute atomic E-state index is 0.0201. The molecule has 5 nitrogen and oxygen atoms in total. The van der Waals surface area contributed by atoms with Gasteiger partial charge in [0, 0.05) is 31.7 Å². The molecule has 0 saturated heterocycles. The maximum atomic E-state index is 12.3. The van der Waals surface area contributed by atoms with Gasteiger partial charge >= 0.3 is 0 Å². The smallest absolute Gasteiger partial charge is 0.224 e. The van der Waals surface area contributed by atoms with E-state index in [1.807, 2.05) is 24.3 Å². The highest BCUT2D eigenvalue weighted by Gasteiger charge is 2.16. The summed E-state index contributed by atoms with van der Waals surface area (Å²) < 4.78 is 11.3. The number of nitrogens with one attached hydrogen (secondary N) is 1. The van der Waals surface area contributed by atoms with Gasteiger partial charge in [-0.15, -0.1) is 0 Å². The molecular formula is C22H27ClN2O3. The van der Waals surface area contributed by atoms with Crippen LogP contribution in [0.5, 0.6) is 11.5 Å². The van der Waals surface area contributed by atoms with Crippen LogP contribution in [0.15, 0.2) is 42.5 Å². The van der Waals surface area contributed by atoms with Gasteiger partial charge in [0.25, 0.3) is 0 Å². The van der Waals surface area contributed by atoms with Gasteiger partial charge in [-0.3, -0.25) is 4.79 Å². The number of hydrogen-bond acceptors (Lipinski definition) is 4. The lowest BCUT2D eigenvalue weighted by atomic mass is 10.1. The van der Waals surface area contributed by atoms with Crippen LogP contribution in [0.3, 0.4) is 0 Å².